The third-order valence-electron chi connectivity index (χ3n) is 3.05. The van der Waals surface area contributed by atoms with Gasteiger partial charge in [-0.3, -0.25) is 4.68 Å². The van der Waals surface area contributed by atoms with Gasteiger partial charge < -0.3 is 5.32 Å². The molecule has 1 N–H and O–H groups in total. The Hall–Kier alpha value is -0.560. The van der Waals surface area contributed by atoms with Gasteiger partial charge in [-0.15, -0.1) is 0 Å². The molecule has 0 aromatic carbocycles. The summed E-state index contributed by atoms with van der Waals surface area (Å²) in [4.78, 5) is 0. The summed E-state index contributed by atoms with van der Waals surface area (Å²) in [5, 5.41) is 6.94. The highest BCUT2D eigenvalue weighted by atomic mass is 79.9. The molecule has 0 bridgehead atoms. The molecule has 0 amide bonds. The summed E-state index contributed by atoms with van der Waals surface area (Å²) in [6.07, 6.45) is -2.62. The van der Waals surface area contributed by atoms with Crippen molar-refractivity contribution in [3.8, 4) is 0 Å². The van der Waals surface area contributed by atoms with Crippen molar-refractivity contribution in [2.45, 2.75) is 46.3 Å². The van der Waals surface area contributed by atoms with Crippen molar-refractivity contribution in [1.82, 2.24) is 15.1 Å². The minimum atomic E-state index is -4.15. The van der Waals surface area contributed by atoms with E-state index in [9.17, 15) is 13.2 Å². The third kappa shape index (κ3) is 5.09. The number of halogens is 4. The van der Waals surface area contributed by atoms with E-state index in [1.165, 1.54) is 0 Å². The summed E-state index contributed by atoms with van der Waals surface area (Å²) in [5.41, 5.74) is 2.06. The van der Waals surface area contributed by atoms with Crippen molar-refractivity contribution in [3.63, 3.8) is 0 Å². The smallest absolute Gasteiger partial charge is 0.308 e. The SMILES string of the molecule is CCc1nn(CC)c(CC(C)CNCC(F)(F)F)c1Br. The molecule has 0 saturated heterocycles. The molecule has 3 nitrogen and oxygen atoms in total. The fourth-order valence-corrected chi connectivity index (χ4v) is 2.80. The van der Waals surface area contributed by atoms with Crippen LogP contribution >= 0.6 is 15.9 Å². The Morgan fingerprint density at radius 3 is 2.50 bits per heavy atom. The summed E-state index contributed by atoms with van der Waals surface area (Å²) in [6, 6.07) is 0. The zero-order chi connectivity index (χ0) is 15.3. The number of hydrogen-bond acceptors (Lipinski definition) is 2. The lowest BCUT2D eigenvalue weighted by Crippen LogP contribution is -2.32. The second kappa shape index (κ2) is 7.45. The average molecular weight is 356 g/mol. The van der Waals surface area contributed by atoms with E-state index in [-0.39, 0.29) is 5.92 Å². The summed E-state index contributed by atoms with van der Waals surface area (Å²) < 4.78 is 39.2. The molecule has 0 aliphatic heterocycles. The number of aromatic nitrogens is 2. The first-order chi connectivity index (χ1) is 9.28. The summed E-state index contributed by atoms with van der Waals surface area (Å²) in [7, 11) is 0. The zero-order valence-corrected chi connectivity index (χ0v) is 13.6. The second-order valence-corrected chi connectivity index (χ2v) is 5.73. The molecule has 1 rings (SSSR count). The lowest BCUT2D eigenvalue weighted by Gasteiger charge is -2.15. The Kier molecular flexibility index (Phi) is 6.51. The molecule has 7 heteroatoms. The van der Waals surface area contributed by atoms with Crippen molar-refractivity contribution >= 4 is 15.9 Å². The highest BCUT2D eigenvalue weighted by Crippen LogP contribution is 2.24. The van der Waals surface area contributed by atoms with Crippen molar-refractivity contribution in [2.24, 2.45) is 5.92 Å². The van der Waals surface area contributed by atoms with E-state index in [1.54, 1.807) is 0 Å². The number of nitrogens with one attached hydrogen (secondary N) is 1. The largest absolute Gasteiger partial charge is 0.401 e. The van der Waals surface area contributed by atoms with Crippen LogP contribution in [-0.4, -0.2) is 29.0 Å². The Morgan fingerprint density at radius 2 is 2.00 bits per heavy atom. The van der Waals surface area contributed by atoms with Crippen LogP contribution in [0.2, 0.25) is 0 Å². The molecule has 20 heavy (non-hydrogen) atoms. The molecule has 0 saturated carbocycles. The van der Waals surface area contributed by atoms with Crippen molar-refractivity contribution in [2.75, 3.05) is 13.1 Å². The number of hydrogen-bond donors (Lipinski definition) is 1. The predicted octanol–water partition coefficient (Wildman–Crippen LogP) is 3.56. The maximum atomic E-state index is 12.1. The molecule has 0 radical (unpaired) electrons. The molecule has 0 aliphatic rings. The maximum Gasteiger partial charge on any atom is 0.401 e. The van der Waals surface area contributed by atoms with Crippen LogP contribution in [0.4, 0.5) is 13.2 Å². The second-order valence-electron chi connectivity index (χ2n) is 4.93. The van der Waals surface area contributed by atoms with E-state index in [0.29, 0.717) is 13.0 Å². The van der Waals surface area contributed by atoms with Gasteiger partial charge in [0.15, 0.2) is 0 Å². The third-order valence-corrected chi connectivity index (χ3v) is 3.97. The molecule has 1 aromatic rings. The topological polar surface area (TPSA) is 29.9 Å². The van der Waals surface area contributed by atoms with Crippen LogP contribution in [-0.2, 0) is 19.4 Å². The number of nitrogens with zero attached hydrogens (tertiary/aromatic N) is 2. The lowest BCUT2D eigenvalue weighted by atomic mass is 10.1. The van der Waals surface area contributed by atoms with Crippen molar-refractivity contribution in [1.29, 1.82) is 0 Å². The van der Waals surface area contributed by atoms with E-state index in [1.807, 2.05) is 25.5 Å². The average Bonchev–Trinajstić information content (AvgIpc) is 2.64. The van der Waals surface area contributed by atoms with E-state index < -0.39 is 12.7 Å². The first-order valence-corrected chi connectivity index (χ1v) is 7.59. The summed E-state index contributed by atoms with van der Waals surface area (Å²) in [5.74, 6) is 0.111. The maximum absolute atomic E-state index is 12.1. The number of alkyl halides is 3. The molecule has 116 valence electrons. The Balaban J connectivity index is 2.61. The quantitative estimate of drug-likeness (QED) is 0.810. The van der Waals surface area contributed by atoms with Gasteiger partial charge in [0.1, 0.15) is 0 Å². The molecular weight excluding hydrogens is 335 g/mol. The van der Waals surface area contributed by atoms with E-state index in [2.05, 4.69) is 26.3 Å². The highest BCUT2D eigenvalue weighted by Gasteiger charge is 2.26. The van der Waals surface area contributed by atoms with Gasteiger partial charge in [-0.2, -0.15) is 18.3 Å². The van der Waals surface area contributed by atoms with Gasteiger partial charge in [0.05, 0.1) is 22.4 Å². The fraction of sp³-hybridized carbons (Fsp3) is 0.769. The Labute approximate surface area is 126 Å². The van der Waals surface area contributed by atoms with Crippen LogP contribution in [0.1, 0.15) is 32.2 Å². The highest BCUT2D eigenvalue weighted by molar-refractivity contribution is 9.10. The van der Waals surface area contributed by atoms with Gasteiger partial charge in [-0.1, -0.05) is 13.8 Å². The van der Waals surface area contributed by atoms with Gasteiger partial charge in [0.2, 0.25) is 0 Å². The molecule has 1 atom stereocenters. The first-order valence-electron chi connectivity index (χ1n) is 6.80. The van der Waals surface area contributed by atoms with E-state index >= 15 is 0 Å². The van der Waals surface area contributed by atoms with Gasteiger partial charge in [-0.25, -0.2) is 0 Å². The minimum Gasteiger partial charge on any atom is -0.308 e. The van der Waals surface area contributed by atoms with Gasteiger partial charge >= 0.3 is 6.18 Å². The van der Waals surface area contributed by atoms with Crippen LogP contribution in [0.15, 0.2) is 4.47 Å². The standard InChI is InChI=1S/C13H21BrF3N3/c1-4-10-12(14)11(20(5-2)19-10)6-9(3)7-18-8-13(15,16)17/h9,18H,4-8H2,1-3H3. The molecule has 1 unspecified atom stereocenters. The molecular formula is C13H21BrF3N3. The van der Waals surface area contributed by atoms with Crippen molar-refractivity contribution < 1.29 is 13.2 Å². The van der Waals surface area contributed by atoms with Gasteiger partial charge in [-0.05, 0) is 48.2 Å². The molecule has 1 aromatic heterocycles. The molecule has 0 fully saturated rings. The Morgan fingerprint density at radius 1 is 1.35 bits per heavy atom. The monoisotopic (exact) mass is 355 g/mol. The van der Waals surface area contributed by atoms with Crippen LogP contribution < -0.4 is 5.32 Å². The van der Waals surface area contributed by atoms with Crippen molar-refractivity contribution in [3.05, 3.63) is 15.9 Å². The van der Waals surface area contributed by atoms with Gasteiger partial charge in [0.25, 0.3) is 0 Å². The van der Waals surface area contributed by atoms with E-state index in [0.717, 1.165) is 28.8 Å². The summed E-state index contributed by atoms with van der Waals surface area (Å²) in [6.45, 7) is 6.14. The van der Waals surface area contributed by atoms with Crippen LogP contribution in [0.5, 0.6) is 0 Å². The fourth-order valence-electron chi connectivity index (χ4n) is 2.07. The van der Waals surface area contributed by atoms with E-state index in [4.69, 9.17) is 0 Å². The first kappa shape index (κ1) is 17.5. The van der Waals surface area contributed by atoms with Crippen LogP contribution in [0, 0.1) is 5.92 Å². The molecule has 0 aliphatic carbocycles. The molecule has 0 spiro atoms. The van der Waals surface area contributed by atoms with Crippen LogP contribution in [0.25, 0.3) is 0 Å². The minimum absolute atomic E-state index is 0.111. The van der Waals surface area contributed by atoms with Crippen LogP contribution in [0.3, 0.4) is 0 Å². The Bertz CT molecular complexity index is 429. The summed E-state index contributed by atoms with van der Waals surface area (Å²) >= 11 is 3.55. The zero-order valence-electron chi connectivity index (χ0n) is 12.0. The lowest BCUT2D eigenvalue weighted by molar-refractivity contribution is -0.125. The number of rotatable bonds is 7. The van der Waals surface area contributed by atoms with Gasteiger partial charge in [0, 0.05) is 6.54 Å². The normalized spacial score (nSPS) is 13.8. The predicted molar refractivity (Wildman–Crippen MR) is 76.8 cm³/mol. The molecule has 1 heterocycles. The number of aryl methyl sites for hydroxylation is 2.